The van der Waals surface area contributed by atoms with Gasteiger partial charge in [0.2, 0.25) is 0 Å². The van der Waals surface area contributed by atoms with Gasteiger partial charge < -0.3 is 19.9 Å². The number of nitrogens with one attached hydrogen (secondary N) is 1. The normalized spacial score (nSPS) is 22.9. The summed E-state index contributed by atoms with van der Waals surface area (Å²) in [6, 6.07) is 17.6. The third-order valence-corrected chi connectivity index (χ3v) is 9.28. The smallest absolute Gasteiger partial charge is 0.482 e. The lowest BCUT2D eigenvalue weighted by Gasteiger charge is -2.55. The molecule has 0 saturated heterocycles. The van der Waals surface area contributed by atoms with E-state index in [-0.39, 0.29) is 37.9 Å². The van der Waals surface area contributed by atoms with Gasteiger partial charge in [-0.25, -0.2) is 9.97 Å². The fraction of sp³-hybridized carbons (Fsp3) is 0.312. The zero-order valence-corrected chi connectivity index (χ0v) is 25.0. The molecule has 1 amide bonds. The molecule has 2 bridgehead atoms. The first-order valence-corrected chi connectivity index (χ1v) is 14.8. The number of aliphatic carboxylic acids is 1. The van der Waals surface area contributed by atoms with Crippen LogP contribution in [0.2, 0.25) is 0 Å². The molecule has 12 heteroatoms. The molecule has 1 atom stereocenters. The van der Waals surface area contributed by atoms with E-state index >= 15 is 0 Å². The van der Waals surface area contributed by atoms with Crippen molar-refractivity contribution in [3.63, 3.8) is 0 Å². The number of nitrogens with zero attached hydrogens (tertiary/aromatic N) is 2. The minimum absolute atomic E-state index is 0.0140. The van der Waals surface area contributed by atoms with E-state index in [0.29, 0.717) is 27.7 Å². The number of hydrogen-bond donors (Lipinski definition) is 2. The lowest BCUT2D eigenvalue weighted by Crippen LogP contribution is -2.67. The van der Waals surface area contributed by atoms with Gasteiger partial charge in [0, 0.05) is 28.0 Å². The minimum Gasteiger partial charge on any atom is -0.482 e. The highest BCUT2D eigenvalue weighted by Crippen LogP contribution is 2.54. The van der Waals surface area contributed by atoms with Crippen LogP contribution in [0.25, 0.3) is 22.2 Å². The average Bonchev–Trinajstić information content (AvgIpc) is 2.98. The van der Waals surface area contributed by atoms with Crippen LogP contribution in [-0.4, -0.2) is 45.0 Å². The van der Waals surface area contributed by atoms with Crippen LogP contribution in [-0.2, 0) is 4.79 Å². The molecular formula is C32H27BrF3N3O5. The van der Waals surface area contributed by atoms with Crippen LogP contribution < -0.4 is 14.8 Å². The Morgan fingerprint density at radius 2 is 1.77 bits per heavy atom. The molecule has 4 aromatic rings. The van der Waals surface area contributed by atoms with Crippen LogP contribution in [0.4, 0.5) is 13.2 Å². The second kappa shape index (κ2) is 11.1. The first-order chi connectivity index (χ1) is 20.9. The van der Waals surface area contributed by atoms with E-state index in [0.717, 1.165) is 16.2 Å². The van der Waals surface area contributed by atoms with E-state index in [1.807, 2.05) is 55.5 Å². The summed E-state index contributed by atoms with van der Waals surface area (Å²) >= 11 is 3.49. The molecule has 0 spiro atoms. The summed E-state index contributed by atoms with van der Waals surface area (Å²) in [5.41, 5.74) is 0.917. The number of fused-ring (bicyclic) bond motifs is 4. The van der Waals surface area contributed by atoms with Crippen LogP contribution in [0.1, 0.15) is 48.0 Å². The number of alkyl halides is 3. The number of amides is 1. The van der Waals surface area contributed by atoms with Gasteiger partial charge in [0.1, 0.15) is 6.10 Å². The Hall–Kier alpha value is -4.19. The third-order valence-electron chi connectivity index (χ3n) is 8.79. The Bertz CT molecular complexity index is 1760. The number of benzene rings is 2. The van der Waals surface area contributed by atoms with Gasteiger partial charge in [-0.1, -0.05) is 46.3 Å². The minimum atomic E-state index is -5.02. The summed E-state index contributed by atoms with van der Waals surface area (Å²) in [5.74, 6) is -2.50. The number of pyridine rings is 2. The lowest BCUT2D eigenvalue weighted by atomic mass is 9.55. The maximum Gasteiger partial charge on any atom is 0.574 e. The zero-order chi connectivity index (χ0) is 31.3. The molecule has 228 valence electrons. The second-order valence-electron chi connectivity index (χ2n) is 11.3. The van der Waals surface area contributed by atoms with Crippen molar-refractivity contribution in [2.75, 3.05) is 0 Å². The van der Waals surface area contributed by atoms with Gasteiger partial charge in [0.25, 0.3) is 11.8 Å². The fourth-order valence-electron chi connectivity index (χ4n) is 6.51. The van der Waals surface area contributed by atoms with Crippen molar-refractivity contribution < 1.29 is 37.3 Å². The molecule has 2 heterocycles. The third kappa shape index (κ3) is 5.47. The molecular weight excluding hydrogens is 643 g/mol. The van der Waals surface area contributed by atoms with E-state index in [1.54, 1.807) is 0 Å². The Balaban J connectivity index is 1.42. The number of carbonyl (C=O) groups is 2. The van der Waals surface area contributed by atoms with Gasteiger partial charge in [-0.15, -0.1) is 13.2 Å². The first-order valence-electron chi connectivity index (χ1n) is 14.0. The van der Waals surface area contributed by atoms with E-state index < -0.39 is 41.2 Å². The number of hydrogen-bond acceptors (Lipinski definition) is 6. The first kappa shape index (κ1) is 29.9. The highest BCUT2D eigenvalue weighted by atomic mass is 79.9. The number of carboxylic acids is 1. The van der Waals surface area contributed by atoms with Gasteiger partial charge in [-0.2, -0.15) is 0 Å². The topological polar surface area (TPSA) is 111 Å². The van der Waals surface area contributed by atoms with Gasteiger partial charge in [-0.3, -0.25) is 9.59 Å². The number of rotatable bonds is 7. The lowest BCUT2D eigenvalue weighted by molar-refractivity contribution is -0.276. The maximum absolute atomic E-state index is 14.4. The van der Waals surface area contributed by atoms with Gasteiger partial charge in [0.05, 0.1) is 27.7 Å². The molecule has 3 aliphatic rings. The Morgan fingerprint density at radius 3 is 2.45 bits per heavy atom. The highest BCUT2D eigenvalue weighted by molar-refractivity contribution is 9.10. The van der Waals surface area contributed by atoms with E-state index in [2.05, 4.69) is 31.0 Å². The molecule has 8 nitrogen and oxygen atoms in total. The monoisotopic (exact) mass is 669 g/mol. The van der Waals surface area contributed by atoms with E-state index in [9.17, 15) is 27.9 Å². The molecule has 0 unspecified atom stereocenters. The molecule has 3 fully saturated rings. The molecule has 44 heavy (non-hydrogen) atoms. The maximum atomic E-state index is 14.4. The van der Waals surface area contributed by atoms with Crippen LogP contribution in [0.5, 0.6) is 11.6 Å². The van der Waals surface area contributed by atoms with Gasteiger partial charge >= 0.3 is 12.3 Å². The Morgan fingerprint density at radius 1 is 1.05 bits per heavy atom. The van der Waals surface area contributed by atoms with Crippen LogP contribution >= 0.6 is 15.9 Å². The summed E-state index contributed by atoms with van der Waals surface area (Å²) in [5, 5.41) is 13.9. The Kier molecular flexibility index (Phi) is 7.51. The molecule has 7 rings (SSSR count). The Labute approximate surface area is 258 Å². The molecule has 0 radical (unpaired) electrons. The van der Waals surface area contributed by atoms with Crippen molar-refractivity contribution in [1.29, 1.82) is 0 Å². The van der Waals surface area contributed by atoms with Crippen molar-refractivity contribution in [2.45, 2.75) is 57.0 Å². The molecule has 3 saturated carbocycles. The number of ether oxygens (including phenoxy) is 2. The summed E-state index contributed by atoms with van der Waals surface area (Å²) in [4.78, 5) is 35.3. The number of carboxylic acid groups (broad SMARTS) is 1. The molecule has 2 N–H and O–H groups in total. The zero-order valence-electron chi connectivity index (χ0n) is 23.5. The van der Waals surface area contributed by atoms with Crippen LogP contribution in [0.15, 0.2) is 71.3 Å². The van der Waals surface area contributed by atoms with Crippen LogP contribution in [0, 0.1) is 12.3 Å². The van der Waals surface area contributed by atoms with Gasteiger partial charge in [0.15, 0.2) is 5.75 Å². The summed E-state index contributed by atoms with van der Waals surface area (Å²) in [7, 11) is 0. The quantitative estimate of drug-likeness (QED) is 0.214. The number of carbonyl (C=O) groups excluding carboxylic acids is 1. The fourth-order valence-corrected chi connectivity index (χ4v) is 6.87. The van der Waals surface area contributed by atoms with Crippen molar-refractivity contribution in [3.05, 3.63) is 82.5 Å². The number of aromatic nitrogens is 2. The average molecular weight is 670 g/mol. The SMILES string of the molecule is Cc1c(-c2ccccc2)nc2ccc(Br)cc2c1C(=O)NC12CCC(C(=O)O)(CC1)C[C@@H]2Oc1cccnc1OC(F)(F)F. The summed E-state index contributed by atoms with van der Waals surface area (Å²) in [6.07, 6.45) is -3.81. The summed E-state index contributed by atoms with van der Waals surface area (Å²) in [6.45, 7) is 1.82. The molecule has 2 aromatic carbocycles. The predicted molar refractivity (Wildman–Crippen MR) is 158 cm³/mol. The standard InChI is InChI=1S/C32H27BrF3N3O5/c1-18-25(21-16-20(33)9-10-22(21)38-26(18)19-6-3-2-4-7-19)27(40)39-31-13-11-30(12-14-31,29(41)42)17-24(31)43-23-8-5-15-37-28(23)44-32(34,35)36/h2-10,15-16,24H,11-14,17H2,1H3,(H,39,40)(H,41,42)/t24-,30?,31?/m0/s1. The molecule has 2 aromatic heterocycles. The summed E-state index contributed by atoms with van der Waals surface area (Å²) < 4.78 is 50.4. The highest BCUT2D eigenvalue weighted by Gasteiger charge is 2.60. The van der Waals surface area contributed by atoms with Gasteiger partial charge in [-0.05, 0) is 68.5 Å². The van der Waals surface area contributed by atoms with Crippen molar-refractivity contribution in [3.8, 4) is 22.9 Å². The van der Waals surface area contributed by atoms with Crippen molar-refractivity contribution in [1.82, 2.24) is 15.3 Å². The largest absolute Gasteiger partial charge is 0.574 e. The predicted octanol–water partition coefficient (Wildman–Crippen LogP) is 7.23. The molecule has 0 aliphatic heterocycles. The number of halogens is 4. The van der Waals surface area contributed by atoms with E-state index in [4.69, 9.17) is 9.72 Å². The van der Waals surface area contributed by atoms with Crippen molar-refractivity contribution >= 4 is 38.7 Å². The van der Waals surface area contributed by atoms with Crippen molar-refractivity contribution in [2.24, 2.45) is 5.41 Å². The second-order valence-corrected chi connectivity index (χ2v) is 12.3. The van der Waals surface area contributed by atoms with Crippen LogP contribution in [0.3, 0.4) is 0 Å². The molecule has 3 aliphatic carbocycles. The van der Waals surface area contributed by atoms with E-state index in [1.165, 1.54) is 12.1 Å².